The molecule has 2 aromatic rings. The molecule has 1 nitrogen and oxygen atoms in total. The molecule has 0 radical (unpaired) electrons. The maximum atomic E-state index is 6.14. The SMILES string of the molecule is Cc1ccc(-c2ncc(C)cc2Cl)cc1. The van der Waals surface area contributed by atoms with Crippen molar-refractivity contribution in [3.05, 3.63) is 52.7 Å². The number of halogens is 1. The Bertz CT molecular complexity index is 474. The Hall–Kier alpha value is -1.34. The van der Waals surface area contributed by atoms with Gasteiger partial charge in [0.2, 0.25) is 0 Å². The standard InChI is InChI=1S/C13H12ClN/c1-9-3-5-11(6-4-9)13-12(14)7-10(2)8-15-13/h3-8H,1-2H3. The van der Waals surface area contributed by atoms with E-state index in [2.05, 4.69) is 24.0 Å². The van der Waals surface area contributed by atoms with Crippen LogP contribution in [0.2, 0.25) is 5.02 Å². The Morgan fingerprint density at radius 3 is 2.27 bits per heavy atom. The fourth-order valence-electron chi connectivity index (χ4n) is 1.46. The van der Waals surface area contributed by atoms with Crippen LogP contribution >= 0.6 is 11.6 Å². The van der Waals surface area contributed by atoms with Gasteiger partial charge in [-0.1, -0.05) is 41.4 Å². The van der Waals surface area contributed by atoms with Crippen molar-refractivity contribution in [3.8, 4) is 11.3 Å². The Kier molecular flexibility index (Phi) is 2.74. The van der Waals surface area contributed by atoms with Gasteiger partial charge in [-0.15, -0.1) is 0 Å². The highest BCUT2D eigenvalue weighted by Crippen LogP contribution is 2.26. The van der Waals surface area contributed by atoms with E-state index in [1.54, 1.807) is 0 Å². The van der Waals surface area contributed by atoms with Gasteiger partial charge in [0.25, 0.3) is 0 Å². The van der Waals surface area contributed by atoms with Crippen LogP contribution in [0.5, 0.6) is 0 Å². The van der Waals surface area contributed by atoms with Crippen molar-refractivity contribution in [2.45, 2.75) is 13.8 Å². The summed E-state index contributed by atoms with van der Waals surface area (Å²) in [5.41, 5.74) is 4.23. The molecule has 0 bridgehead atoms. The summed E-state index contributed by atoms with van der Waals surface area (Å²) in [6.45, 7) is 4.05. The Morgan fingerprint density at radius 1 is 1.00 bits per heavy atom. The summed E-state index contributed by atoms with van der Waals surface area (Å²) in [6, 6.07) is 10.1. The Balaban J connectivity index is 2.49. The summed E-state index contributed by atoms with van der Waals surface area (Å²) in [5, 5.41) is 0.707. The third-order valence-corrected chi connectivity index (χ3v) is 2.59. The van der Waals surface area contributed by atoms with E-state index in [4.69, 9.17) is 11.6 Å². The molecule has 1 aromatic carbocycles. The first kappa shape index (κ1) is 10.2. The van der Waals surface area contributed by atoms with Crippen LogP contribution in [0.25, 0.3) is 11.3 Å². The van der Waals surface area contributed by atoms with Crippen LogP contribution in [0.3, 0.4) is 0 Å². The summed E-state index contributed by atoms with van der Waals surface area (Å²) < 4.78 is 0. The predicted octanol–water partition coefficient (Wildman–Crippen LogP) is 4.02. The van der Waals surface area contributed by atoms with E-state index >= 15 is 0 Å². The van der Waals surface area contributed by atoms with Crippen molar-refractivity contribution < 1.29 is 0 Å². The quantitative estimate of drug-likeness (QED) is 0.703. The van der Waals surface area contributed by atoms with Gasteiger partial charge < -0.3 is 0 Å². The molecule has 1 aromatic heterocycles. The Morgan fingerprint density at radius 2 is 1.67 bits per heavy atom. The molecule has 0 saturated heterocycles. The molecule has 0 unspecified atom stereocenters. The van der Waals surface area contributed by atoms with Gasteiger partial charge in [-0.05, 0) is 25.5 Å². The van der Waals surface area contributed by atoms with Crippen molar-refractivity contribution in [3.63, 3.8) is 0 Å². The zero-order chi connectivity index (χ0) is 10.8. The van der Waals surface area contributed by atoms with E-state index in [-0.39, 0.29) is 0 Å². The molecular weight excluding hydrogens is 206 g/mol. The fraction of sp³-hybridized carbons (Fsp3) is 0.154. The molecule has 0 aliphatic heterocycles. The lowest BCUT2D eigenvalue weighted by Gasteiger charge is -2.04. The molecule has 2 heteroatoms. The maximum absolute atomic E-state index is 6.14. The van der Waals surface area contributed by atoms with Gasteiger partial charge in [0.05, 0.1) is 10.7 Å². The molecule has 1 heterocycles. The molecule has 15 heavy (non-hydrogen) atoms. The second-order valence-electron chi connectivity index (χ2n) is 3.71. The van der Waals surface area contributed by atoms with Crippen LogP contribution < -0.4 is 0 Å². The first-order valence-corrected chi connectivity index (χ1v) is 5.24. The van der Waals surface area contributed by atoms with Crippen LogP contribution in [0.15, 0.2) is 36.5 Å². The molecule has 0 amide bonds. The lowest BCUT2D eigenvalue weighted by atomic mass is 10.1. The van der Waals surface area contributed by atoms with Crippen molar-refractivity contribution in [2.24, 2.45) is 0 Å². The number of aromatic nitrogens is 1. The third kappa shape index (κ3) is 2.18. The van der Waals surface area contributed by atoms with E-state index < -0.39 is 0 Å². The molecule has 0 saturated carbocycles. The number of hydrogen-bond donors (Lipinski definition) is 0. The van der Waals surface area contributed by atoms with E-state index in [1.807, 2.05) is 31.3 Å². The normalized spacial score (nSPS) is 10.3. The molecule has 0 aliphatic rings. The van der Waals surface area contributed by atoms with Crippen LogP contribution in [-0.4, -0.2) is 4.98 Å². The molecular formula is C13H12ClN. The topological polar surface area (TPSA) is 12.9 Å². The molecule has 0 spiro atoms. The molecule has 0 N–H and O–H groups in total. The second kappa shape index (κ2) is 4.03. The summed E-state index contributed by atoms with van der Waals surface area (Å²) in [5.74, 6) is 0. The third-order valence-electron chi connectivity index (χ3n) is 2.30. The number of aryl methyl sites for hydroxylation is 2. The van der Waals surface area contributed by atoms with Crippen molar-refractivity contribution in [1.29, 1.82) is 0 Å². The minimum absolute atomic E-state index is 0.707. The van der Waals surface area contributed by atoms with E-state index in [1.165, 1.54) is 5.56 Å². The van der Waals surface area contributed by atoms with E-state index in [0.717, 1.165) is 16.8 Å². The Labute approximate surface area is 94.7 Å². The van der Waals surface area contributed by atoms with Gasteiger partial charge in [-0.3, -0.25) is 4.98 Å². The van der Waals surface area contributed by atoms with Crippen molar-refractivity contribution in [1.82, 2.24) is 4.98 Å². The summed E-state index contributed by atoms with van der Waals surface area (Å²) in [6.07, 6.45) is 1.83. The molecule has 0 fully saturated rings. The molecule has 2 rings (SSSR count). The van der Waals surface area contributed by atoms with Crippen LogP contribution in [-0.2, 0) is 0 Å². The second-order valence-corrected chi connectivity index (χ2v) is 4.12. The molecule has 76 valence electrons. The lowest BCUT2D eigenvalue weighted by molar-refractivity contribution is 1.27. The monoisotopic (exact) mass is 217 g/mol. The fourth-order valence-corrected chi connectivity index (χ4v) is 1.79. The number of rotatable bonds is 1. The highest BCUT2D eigenvalue weighted by atomic mass is 35.5. The van der Waals surface area contributed by atoms with Gasteiger partial charge in [0, 0.05) is 11.8 Å². The average molecular weight is 218 g/mol. The minimum Gasteiger partial charge on any atom is -0.254 e. The summed E-state index contributed by atoms with van der Waals surface area (Å²) in [7, 11) is 0. The van der Waals surface area contributed by atoms with Crippen LogP contribution in [0, 0.1) is 13.8 Å². The molecule has 0 atom stereocenters. The van der Waals surface area contributed by atoms with Gasteiger partial charge in [-0.2, -0.15) is 0 Å². The number of pyridine rings is 1. The number of nitrogens with zero attached hydrogens (tertiary/aromatic N) is 1. The highest BCUT2D eigenvalue weighted by Gasteiger charge is 2.04. The largest absolute Gasteiger partial charge is 0.254 e. The zero-order valence-electron chi connectivity index (χ0n) is 8.79. The summed E-state index contributed by atoms with van der Waals surface area (Å²) >= 11 is 6.14. The van der Waals surface area contributed by atoms with Crippen LogP contribution in [0.4, 0.5) is 0 Å². The lowest BCUT2D eigenvalue weighted by Crippen LogP contribution is -1.86. The van der Waals surface area contributed by atoms with Crippen LogP contribution in [0.1, 0.15) is 11.1 Å². The smallest absolute Gasteiger partial charge is 0.0888 e. The highest BCUT2D eigenvalue weighted by molar-refractivity contribution is 6.33. The predicted molar refractivity (Wildman–Crippen MR) is 64.2 cm³/mol. The van der Waals surface area contributed by atoms with Gasteiger partial charge in [0.15, 0.2) is 0 Å². The van der Waals surface area contributed by atoms with Crippen molar-refractivity contribution >= 4 is 11.6 Å². The van der Waals surface area contributed by atoms with Gasteiger partial charge >= 0.3 is 0 Å². The zero-order valence-corrected chi connectivity index (χ0v) is 9.55. The average Bonchev–Trinajstić information content (AvgIpc) is 2.20. The number of benzene rings is 1. The summed E-state index contributed by atoms with van der Waals surface area (Å²) in [4.78, 5) is 4.35. The van der Waals surface area contributed by atoms with E-state index in [0.29, 0.717) is 5.02 Å². The minimum atomic E-state index is 0.707. The first-order valence-electron chi connectivity index (χ1n) is 4.86. The molecule has 0 aliphatic carbocycles. The van der Waals surface area contributed by atoms with Crippen molar-refractivity contribution in [2.75, 3.05) is 0 Å². The van der Waals surface area contributed by atoms with Gasteiger partial charge in [-0.25, -0.2) is 0 Å². The first-order chi connectivity index (χ1) is 7.16. The van der Waals surface area contributed by atoms with E-state index in [9.17, 15) is 0 Å². The maximum Gasteiger partial charge on any atom is 0.0888 e. The number of hydrogen-bond acceptors (Lipinski definition) is 1. The van der Waals surface area contributed by atoms with Gasteiger partial charge in [0.1, 0.15) is 0 Å².